The van der Waals surface area contributed by atoms with Gasteiger partial charge in [0.2, 0.25) is 0 Å². The lowest BCUT2D eigenvalue weighted by molar-refractivity contribution is -0.137. The summed E-state index contributed by atoms with van der Waals surface area (Å²) in [6.45, 7) is 2.78. The molecule has 0 spiro atoms. The zero-order valence-electron chi connectivity index (χ0n) is 13.9. The second kappa shape index (κ2) is 7.54. The van der Waals surface area contributed by atoms with E-state index in [1.807, 2.05) is 9.80 Å². The van der Waals surface area contributed by atoms with Crippen molar-refractivity contribution >= 4 is 17.3 Å². The highest BCUT2D eigenvalue weighted by Gasteiger charge is 2.31. The van der Waals surface area contributed by atoms with Crippen molar-refractivity contribution in [3.8, 4) is 11.9 Å². The van der Waals surface area contributed by atoms with E-state index in [9.17, 15) is 18.0 Å². The van der Waals surface area contributed by atoms with Crippen LogP contribution < -0.4 is 10.5 Å². The van der Waals surface area contributed by atoms with E-state index >= 15 is 0 Å². The second-order valence-corrected chi connectivity index (χ2v) is 6.26. The fourth-order valence-electron chi connectivity index (χ4n) is 2.73. The number of aromatic nitrogens is 3. The highest BCUT2D eigenvalue weighted by molar-refractivity contribution is 6.33. The van der Waals surface area contributed by atoms with Crippen molar-refractivity contribution in [2.24, 2.45) is 0 Å². The minimum atomic E-state index is -4.51. The predicted molar refractivity (Wildman–Crippen MR) is 91.9 cm³/mol. The molecule has 0 amide bonds. The Morgan fingerprint density at radius 2 is 1.89 bits per heavy atom. The zero-order valence-corrected chi connectivity index (χ0v) is 14.7. The molecule has 1 fully saturated rings. The van der Waals surface area contributed by atoms with Crippen LogP contribution in [0, 0.1) is 11.3 Å². The second-order valence-electron chi connectivity index (χ2n) is 5.88. The minimum Gasteiger partial charge on any atom is -0.366 e. The number of hydrogen-bond donors (Lipinski definition) is 0. The van der Waals surface area contributed by atoms with Crippen LogP contribution in [0.3, 0.4) is 0 Å². The molecule has 3 rings (SSSR count). The first-order valence-corrected chi connectivity index (χ1v) is 8.35. The Bertz CT molecular complexity index is 914. The topological polar surface area (TPSA) is 78.1 Å². The maximum atomic E-state index is 12.6. The molecule has 1 saturated heterocycles. The molecule has 27 heavy (non-hydrogen) atoms. The third-order valence-electron chi connectivity index (χ3n) is 4.20. The van der Waals surface area contributed by atoms with Crippen molar-refractivity contribution < 1.29 is 13.2 Å². The average Bonchev–Trinajstić information content (AvgIpc) is 2.64. The molecule has 0 saturated carbocycles. The molecule has 11 heteroatoms. The first-order chi connectivity index (χ1) is 12.8. The molecule has 7 nitrogen and oxygen atoms in total. The molecule has 3 heterocycles. The van der Waals surface area contributed by atoms with Crippen LogP contribution in [0.2, 0.25) is 5.02 Å². The Kier molecular flexibility index (Phi) is 5.34. The van der Waals surface area contributed by atoms with Crippen molar-refractivity contribution in [3.63, 3.8) is 0 Å². The SMILES string of the molecule is N#CCN1CCN(c2cnn(-c3ccc(C(F)(F)F)cn3)c(=O)c2Cl)CC1. The number of nitrogens with zero attached hydrogens (tertiary/aromatic N) is 6. The predicted octanol–water partition coefficient (Wildman–Crippen LogP) is 1.95. The van der Waals surface area contributed by atoms with Gasteiger partial charge in [-0.05, 0) is 12.1 Å². The number of hydrogen-bond acceptors (Lipinski definition) is 6. The summed E-state index contributed by atoms with van der Waals surface area (Å²) in [5.74, 6) is -0.0553. The van der Waals surface area contributed by atoms with Gasteiger partial charge in [0, 0.05) is 32.4 Å². The van der Waals surface area contributed by atoms with Gasteiger partial charge in [0.1, 0.15) is 5.02 Å². The van der Waals surface area contributed by atoms with Crippen LogP contribution in [0.4, 0.5) is 18.9 Å². The van der Waals surface area contributed by atoms with Crippen LogP contribution in [-0.4, -0.2) is 52.4 Å². The Hall–Kier alpha value is -2.64. The summed E-state index contributed by atoms with van der Waals surface area (Å²) < 4.78 is 38.7. The molecule has 0 bridgehead atoms. The van der Waals surface area contributed by atoms with Gasteiger partial charge in [0.15, 0.2) is 5.82 Å². The summed E-state index contributed by atoms with van der Waals surface area (Å²) in [6, 6.07) is 3.98. The van der Waals surface area contributed by atoms with Crippen molar-refractivity contribution in [3.05, 3.63) is 45.5 Å². The molecule has 0 aliphatic carbocycles. The normalized spacial score (nSPS) is 15.6. The largest absolute Gasteiger partial charge is 0.417 e. The van der Waals surface area contributed by atoms with Gasteiger partial charge in [-0.1, -0.05) is 11.6 Å². The summed E-state index contributed by atoms with van der Waals surface area (Å²) in [6.07, 6.45) is -2.48. The standard InChI is InChI=1S/C16H14ClF3N6O/c17-14-12(25-7-5-24(4-3-21)6-8-25)10-23-26(15(14)27)13-2-1-11(9-22-13)16(18,19)20/h1-2,9-10H,4-8H2. The van der Waals surface area contributed by atoms with E-state index in [1.165, 1.54) is 6.20 Å². The van der Waals surface area contributed by atoms with Gasteiger partial charge >= 0.3 is 6.18 Å². The van der Waals surface area contributed by atoms with Gasteiger partial charge in [-0.25, -0.2) is 4.98 Å². The Labute approximate surface area is 157 Å². The fraction of sp³-hybridized carbons (Fsp3) is 0.375. The van der Waals surface area contributed by atoms with Crippen LogP contribution in [0.5, 0.6) is 0 Å². The lowest BCUT2D eigenvalue weighted by atomic mass is 10.2. The molecule has 2 aromatic heterocycles. The summed E-state index contributed by atoms with van der Waals surface area (Å²) in [5, 5.41) is 12.7. The molecule has 1 aliphatic heterocycles. The number of halogens is 4. The summed E-state index contributed by atoms with van der Waals surface area (Å²) in [7, 11) is 0. The Morgan fingerprint density at radius 1 is 1.19 bits per heavy atom. The van der Waals surface area contributed by atoms with E-state index in [2.05, 4.69) is 16.2 Å². The average molecular weight is 399 g/mol. The number of piperazine rings is 1. The highest BCUT2D eigenvalue weighted by Crippen LogP contribution is 2.28. The lowest BCUT2D eigenvalue weighted by Crippen LogP contribution is -2.47. The Morgan fingerprint density at radius 3 is 2.44 bits per heavy atom. The molecule has 2 aromatic rings. The van der Waals surface area contributed by atoms with Crippen LogP contribution in [-0.2, 0) is 6.18 Å². The number of rotatable bonds is 3. The molecule has 0 N–H and O–H groups in total. The molecule has 1 aliphatic rings. The first-order valence-electron chi connectivity index (χ1n) is 7.97. The summed E-state index contributed by atoms with van der Waals surface area (Å²) in [5.41, 5.74) is -1.14. The van der Waals surface area contributed by atoms with Crippen LogP contribution >= 0.6 is 11.6 Å². The number of nitriles is 1. The molecule has 0 unspecified atom stereocenters. The van der Waals surface area contributed by atoms with E-state index in [0.717, 1.165) is 16.8 Å². The van der Waals surface area contributed by atoms with E-state index in [4.69, 9.17) is 16.9 Å². The van der Waals surface area contributed by atoms with E-state index in [0.29, 0.717) is 44.6 Å². The van der Waals surface area contributed by atoms with E-state index in [1.54, 1.807) is 0 Å². The van der Waals surface area contributed by atoms with Gasteiger partial charge in [-0.2, -0.15) is 28.2 Å². The minimum absolute atomic E-state index is 0.0553. The van der Waals surface area contributed by atoms with Crippen LogP contribution in [0.1, 0.15) is 5.56 Å². The third kappa shape index (κ3) is 4.04. The monoisotopic (exact) mass is 398 g/mol. The van der Waals surface area contributed by atoms with Gasteiger partial charge in [0.25, 0.3) is 5.56 Å². The summed E-state index contributed by atoms with van der Waals surface area (Å²) >= 11 is 6.19. The van der Waals surface area contributed by atoms with E-state index < -0.39 is 17.3 Å². The molecule has 0 atom stereocenters. The van der Waals surface area contributed by atoms with Crippen molar-refractivity contribution in [1.82, 2.24) is 19.7 Å². The number of pyridine rings is 1. The van der Waals surface area contributed by atoms with Crippen molar-refractivity contribution in [2.45, 2.75) is 6.18 Å². The maximum Gasteiger partial charge on any atom is 0.417 e. The van der Waals surface area contributed by atoms with Gasteiger partial charge in [-0.15, -0.1) is 0 Å². The number of anilines is 1. The van der Waals surface area contributed by atoms with Gasteiger partial charge in [-0.3, -0.25) is 9.69 Å². The molecular weight excluding hydrogens is 385 g/mol. The summed E-state index contributed by atoms with van der Waals surface area (Å²) in [4.78, 5) is 20.0. The maximum absolute atomic E-state index is 12.6. The first kappa shape index (κ1) is 19.1. The number of alkyl halides is 3. The van der Waals surface area contributed by atoms with E-state index in [-0.39, 0.29) is 10.8 Å². The Balaban J connectivity index is 1.84. The lowest BCUT2D eigenvalue weighted by Gasteiger charge is -2.34. The molecular formula is C16H14ClF3N6O. The quantitative estimate of drug-likeness (QED) is 0.735. The molecule has 0 aromatic carbocycles. The van der Waals surface area contributed by atoms with Gasteiger partial charge < -0.3 is 4.90 Å². The fourth-order valence-corrected chi connectivity index (χ4v) is 2.98. The molecule has 142 valence electrons. The van der Waals surface area contributed by atoms with Crippen molar-refractivity contribution in [1.29, 1.82) is 5.26 Å². The van der Waals surface area contributed by atoms with Crippen LogP contribution in [0.15, 0.2) is 29.3 Å². The highest BCUT2D eigenvalue weighted by atomic mass is 35.5. The molecule has 0 radical (unpaired) electrons. The smallest absolute Gasteiger partial charge is 0.366 e. The van der Waals surface area contributed by atoms with Crippen molar-refractivity contribution in [2.75, 3.05) is 37.6 Å². The third-order valence-corrected chi connectivity index (χ3v) is 4.56. The van der Waals surface area contributed by atoms with Gasteiger partial charge in [0.05, 0.1) is 30.1 Å². The zero-order chi connectivity index (χ0) is 19.6. The van der Waals surface area contributed by atoms with Crippen LogP contribution in [0.25, 0.3) is 5.82 Å².